The van der Waals surface area contributed by atoms with Crippen molar-refractivity contribution < 1.29 is 9.53 Å². The van der Waals surface area contributed by atoms with Gasteiger partial charge in [0.05, 0.1) is 5.02 Å². The summed E-state index contributed by atoms with van der Waals surface area (Å²) in [5.41, 5.74) is 1.45. The zero-order chi connectivity index (χ0) is 15.9. The first-order valence-corrected chi connectivity index (χ1v) is 8.80. The molecular weight excluding hydrogens is 366 g/mol. The topological polar surface area (TPSA) is 38.3 Å². The van der Waals surface area contributed by atoms with Gasteiger partial charge in [0.15, 0.2) is 6.10 Å². The van der Waals surface area contributed by atoms with Crippen molar-refractivity contribution in [1.82, 2.24) is 5.32 Å². The van der Waals surface area contributed by atoms with Crippen molar-refractivity contribution in [2.45, 2.75) is 45.1 Å². The van der Waals surface area contributed by atoms with Crippen LogP contribution in [-0.2, 0) is 4.79 Å². The molecule has 1 N–H and O–H groups in total. The van der Waals surface area contributed by atoms with E-state index in [0.717, 1.165) is 17.3 Å². The van der Waals surface area contributed by atoms with Crippen LogP contribution in [0.1, 0.15) is 39.0 Å². The predicted molar refractivity (Wildman–Crippen MR) is 93.4 cm³/mol. The van der Waals surface area contributed by atoms with Crippen LogP contribution in [0.5, 0.6) is 5.75 Å². The molecule has 1 amide bonds. The molecule has 2 rings (SSSR count). The van der Waals surface area contributed by atoms with Crippen molar-refractivity contribution >= 4 is 33.4 Å². The fourth-order valence-electron chi connectivity index (χ4n) is 2.44. The van der Waals surface area contributed by atoms with E-state index in [-0.39, 0.29) is 5.91 Å². The Hall–Kier alpha value is -1.00. The Morgan fingerprint density at radius 3 is 2.95 bits per heavy atom. The van der Waals surface area contributed by atoms with Gasteiger partial charge in [-0.2, -0.15) is 0 Å². The average molecular weight is 387 g/mol. The molecule has 5 heteroatoms. The molecular formula is C17H21BrClNO2. The largest absolute Gasteiger partial charge is 0.479 e. The van der Waals surface area contributed by atoms with Gasteiger partial charge in [0.1, 0.15) is 5.75 Å². The predicted octanol–water partition coefficient (Wildman–Crippen LogP) is 4.88. The molecule has 0 heterocycles. The Labute approximate surface area is 145 Å². The summed E-state index contributed by atoms with van der Waals surface area (Å²) in [5.74, 6) is 0.401. The number of ether oxygens (including phenoxy) is 1. The number of benzene rings is 1. The minimum Gasteiger partial charge on any atom is -0.479 e. The summed E-state index contributed by atoms with van der Waals surface area (Å²) in [7, 11) is 0. The van der Waals surface area contributed by atoms with Crippen LogP contribution in [0.25, 0.3) is 0 Å². The van der Waals surface area contributed by atoms with Gasteiger partial charge in [-0.05, 0) is 57.2 Å². The average Bonchev–Trinajstić information content (AvgIpc) is 2.51. The second kappa shape index (κ2) is 8.59. The molecule has 0 saturated heterocycles. The Morgan fingerprint density at radius 2 is 2.27 bits per heavy atom. The number of halogens is 2. The summed E-state index contributed by atoms with van der Waals surface area (Å²) < 4.78 is 6.50. The fraction of sp³-hybridized carbons (Fsp3) is 0.471. The lowest BCUT2D eigenvalue weighted by molar-refractivity contribution is -0.127. The number of hydrogen-bond donors (Lipinski definition) is 1. The highest BCUT2D eigenvalue weighted by molar-refractivity contribution is 9.10. The lowest BCUT2D eigenvalue weighted by Crippen LogP contribution is -2.37. The summed E-state index contributed by atoms with van der Waals surface area (Å²) in [6.45, 7) is 2.39. The van der Waals surface area contributed by atoms with E-state index >= 15 is 0 Å². The quantitative estimate of drug-likeness (QED) is 0.708. The summed E-state index contributed by atoms with van der Waals surface area (Å²) in [6, 6.07) is 5.33. The first-order chi connectivity index (χ1) is 10.6. The van der Waals surface area contributed by atoms with Crippen LogP contribution in [0.4, 0.5) is 0 Å². The van der Waals surface area contributed by atoms with Crippen molar-refractivity contribution in [1.29, 1.82) is 0 Å². The van der Waals surface area contributed by atoms with Gasteiger partial charge in [-0.25, -0.2) is 0 Å². The number of hydrogen-bond acceptors (Lipinski definition) is 2. The molecule has 1 aromatic rings. The van der Waals surface area contributed by atoms with Crippen molar-refractivity contribution in [2.75, 3.05) is 6.54 Å². The van der Waals surface area contributed by atoms with E-state index in [4.69, 9.17) is 16.3 Å². The van der Waals surface area contributed by atoms with E-state index in [9.17, 15) is 4.79 Å². The van der Waals surface area contributed by atoms with Gasteiger partial charge in [-0.15, -0.1) is 0 Å². The lowest BCUT2D eigenvalue weighted by atomic mass is 9.97. The smallest absolute Gasteiger partial charge is 0.260 e. The maximum absolute atomic E-state index is 12.1. The van der Waals surface area contributed by atoms with Gasteiger partial charge in [0.25, 0.3) is 5.91 Å². The molecule has 22 heavy (non-hydrogen) atoms. The maximum atomic E-state index is 12.1. The van der Waals surface area contributed by atoms with Crippen LogP contribution < -0.4 is 10.1 Å². The molecule has 1 aliphatic rings. The van der Waals surface area contributed by atoms with Crippen molar-refractivity contribution in [3.8, 4) is 5.75 Å². The summed E-state index contributed by atoms with van der Waals surface area (Å²) in [5, 5.41) is 3.41. The summed E-state index contributed by atoms with van der Waals surface area (Å²) in [4.78, 5) is 12.1. The van der Waals surface area contributed by atoms with Crippen molar-refractivity contribution in [3.05, 3.63) is 39.3 Å². The lowest BCUT2D eigenvalue weighted by Gasteiger charge is -2.17. The molecule has 0 aromatic heterocycles. The normalized spacial score (nSPS) is 15.9. The zero-order valence-electron chi connectivity index (χ0n) is 12.7. The van der Waals surface area contributed by atoms with E-state index in [2.05, 4.69) is 27.3 Å². The van der Waals surface area contributed by atoms with Crippen molar-refractivity contribution in [3.63, 3.8) is 0 Å². The van der Waals surface area contributed by atoms with E-state index in [1.165, 1.54) is 24.8 Å². The number of rotatable bonds is 6. The van der Waals surface area contributed by atoms with E-state index in [0.29, 0.717) is 17.3 Å². The molecule has 0 spiro atoms. The van der Waals surface area contributed by atoms with Gasteiger partial charge < -0.3 is 10.1 Å². The molecule has 120 valence electrons. The minimum atomic E-state index is -0.570. The van der Waals surface area contributed by atoms with E-state index < -0.39 is 6.10 Å². The van der Waals surface area contributed by atoms with E-state index in [1.807, 2.05) is 6.07 Å². The highest BCUT2D eigenvalue weighted by Crippen LogP contribution is 2.28. The van der Waals surface area contributed by atoms with E-state index in [1.54, 1.807) is 19.1 Å². The third-order valence-electron chi connectivity index (χ3n) is 3.70. The summed E-state index contributed by atoms with van der Waals surface area (Å²) in [6.07, 6.45) is 7.55. The third-order valence-corrected chi connectivity index (χ3v) is 4.49. The Kier molecular flexibility index (Phi) is 6.77. The summed E-state index contributed by atoms with van der Waals surface area (Å²) >= 11 is 9.43. The first-order valence-electron chi connectivity index (χ1n) is 7.63. The van der Waals surface area contributed by atoms with Crippen LogP contribution in [0.2, 0.25) is 5.02 Å². The Bertz CT molecular complexity index is 560. The maximum Gasteiger partial charge on any atom is 0.260 e. The van der Waals surface area contributed by atoms with Crippen LogP contribution >= 0.6 is 27.5 Å². The molecule has 0 aliphatic heterocycles. The van der Waals surface area contributed by atoms with Crippen LogP contribution in [0, 0.1) is 0 Å². The second-order valence-corrected chi connectivity index (χ2v) is 6.81. The number of carbonyl (C=O) groups is 1. The van der Waals surface area contributed by atoms with Gasteiger partial charge in [0.2, 0.25) is 0 Å². The molecule has 1 aliphatic carbocycles. The molecule has 0 saturated carbocycles. The molecule has 3 nitrogen and oxygen atoms in total. The molecule has 0 radical (unpaired) electrons. The zero-order valence-corrected chi connectivity index (χ0v) is 15.0. The molecule has 1 atom stereocenters. The molecule has 1 aromatic carbocycles. The Morgan fingerprint density at radius 1 is 1.45 bits per heavy atom. The SMILES string of the molecule is C[C@@H](Oc1ccc(Br)cc1Cl)C(=O)NCCC1=CCCCC1. The van der Waals surface area contributed by atoms with Crippen molar-refractivity contribution in [2.24, 2.45) is 0 Å². The third kappa shape index (κ3) is 5.33. The minimum absolute atomic E-state index is 0.115. The Balaban J connectivity index is 1.78. The highest BCUT2D eigenvalue weighted by atomic mass is 79.9. The first kappa shape index (κ1) is 17.4. The second-order valence-electron chi connectivity index (χ2n) is 5.48. The monoisotopic (exact) mass is 385 g/mol. The van der Waals surface area contributed by atoms with Gasteiger partial charge in [-0.3, -0.25) is 4.79 Å². The number of allylic oxidation sites excluding steroid dienone is 1. The number of carbonyl (C=O) groups excluding carboxylic acids is 1. The number of nitrogens with one attached hydrogen (secondary N) is 1. The number of amides is 1. The highest BCUT2D eigenvalue weighted by Gasteiger charge is 2.16. The van der Waals surface area contributed by atoms with Gasteiger partial charge in [-0.1, -0.05) is 39.2 Å². The molecule has 0 unspecified atom stereocenters. The van der Waals surface area contributed by atoms with Crippen LogP contribution in [0.3, 0.4) is 0 Å². The fourth-order valence-corrected chi connectivity index (χ4v) is 3.15. The van der Waals surface area contributed by atoms with Gasteiger partial charge in [0, 0.05) is 11.0 Å². The van der Waals surface area contributed by atoms with Gasteiger partial charge >= 0.3 is 0 Å². The standard InChI is InChI=1S/C17H21BrClNO2/c1-12(22-16-8-7-14(18)11-15(16)19)17(21)20-10-9-13-5-3-2-4-6-13/h5,7-8,11-12H,2-4,6,9-10H2,1H3,(H,20,21)/t12-/m1/s1. The van der Waals surface area contributed by atoms with Crippen LogP contribution in [-0.4, -0.2) is 18.6 Å². The van der Waals surface area contributed by atoms with Crippen LogP contribution in [0.15, 0.2) is 34.3 Å². The molecule has 0 fully saturated rings. The molecule has 0 bridgehead atoms.